The number of nitrogens with zero attached hydrogens (tertiary/aromatic N) is 4. The third kappa shape index (κ3) is 2.34. The molecule has 7 nitrogen and oxygen atoms in total. The summed E-state index contributed by atoms with van der Waals surface area (Å²) in [6.45, 7) is 5.92. The van der Waals surface area contributed by atoms with Gasteiger partial charge in [0, 0.05) is 11.3 Å². The van der Waals surface area contributed by atoms with E-state index in [0.29, 0.717) is 18.1 Å². The van der Waals surface area contributed by atoms with Gasteiger partial charge >= 0.3 is 0 Å². The molecule has 0 bridgehead atoms. The largest absolute Gasteiger partial charge is 0.494 e. The predicted octanol–water partition coefficient (Wildman–Crippen LogP) is 1.95. The Kier molecular flexibility index (Phi) is 3.62. The molecule has 0 saturated carbocycles. The minimum absolute atomic E-state index is 0.0158. The summed E-state index contributed by atoms with van der Waals surface area (Å²) in [4.78, 5) is 12.1. The number of ether oxygens (including phenoxy) is 1. The molecule has 114 valence electrons. The van der Waals surface area contributed by atoms with Crippen LogP contribution < -0.4 is 10.1 Å². The van der Waals surface area contributed by atoms with E-state index in [1.54, 1.807) is 11.6 Å². The number of nitrogens with one attached hydrogen (secondary N) is 1. The molecule has 0 saturated heterocycles. The van der Waals surface area contributed by atoms with Gasteiger partial charge in [0.05, 0.1) is 6.61 Å². The summed E-state index contributed by atoms with van der Waals surface area (Å²) in [5.41, 5.74) is 2.32. The van der Waals surface area contributed by atoms with E-state index in [1.807, 2.05) is 38.1 Å². The van der Waals surface area contributed by atoms with Gasteiger partial charge in [-0.05, 0) is 48.9 Å². The first-order chi connectivity index (χ1) is 10.6. The zero-order valence-corrected chi connectivity index (χ0v) is 12.7. The number of carbonyl (C=O) groups is 1. The first-order valence-electron chi connectivity index (χ1n) is 7.11. The van der Waals surface area contributed by atoms with Crippen LogP contribution in [0, 0.1) is 0 Å². The Hall–Kier alpha value is -2.70. The number of carbonyl (C=O) groups excluding carboxylic acids is 1. The molecule has 2 heterocycles. The maximum atomic E-state index is 12.1. The van der Waals surface area contributed by atoms with Gasteiger partial charge < -0.3 is 10.1 Å². The molecule has 0 aliphatic carbocycles. The molecule has 0 spiro atoms. The molecule has 1 aliphatic rings. The van der Waals surface area contributed by atoms with Crippen LogP contribution in [0.5, 0.6) is 5.75 Å². The van der Waals surface area contributed by atoms with Crippen LogP contribution in [-0.2, 0) is 4.79 Å². The number of rotatable bonds is 4. The van der Waals surface area contributed by atoms with Crippen molar-refractivity contribution in [3.05, 3.63) is 41.1 Å². The Morgan fingerprint density at radius 2 is 2.27 bits per heavy atom. The highest BCUT2D eigenvalue weighted by atomic mass is 16.5. The number of ketones is 1. The average molecular weight is 299 g/mol. The first-order valence-corrected chi connectivity index (χ1v) is 7.11. The minimum Gasteiger partial charge on any atom is -0.494 e. The monoisotopic (exact) mass is 299 g/mol. The summed E-state index contributed by atoms with van der Waals surface area (Å²) in [6, 6.07) is 7.29. The number of Topliss-reactive ketones (excluding diaryl/α,β-unsaturated/α-hetero) is 1. The third-order valence-electron chi connectivity index (χ3n) is 3.58. The maximum Gasteiger partial charge on any atom is 0.248 e. The van der Waals surface area contributed by atoms with Gasteiger partial charge in [0.1, 0.15) is 11.8 Å². The van der Waals surface area contributed by atoms with Crippen LogP contribution in [0.1, 0.15) is 32.4 Å². The molecule has 1 aliphatic heterocycles. The van der Waals surface area contributed by atoms with Crippen LogP contribution in [0.15, 0.2) is 35.5 Å². The Bertz CT molecular complexity index is 750. The second kappa shape index (κ2) is 5.59. The van der Waals surface area contributed by atoms with E-state index >= 15 is 0 Å². The molecule has 0 fully saturated rings. The Morgan fingerprint density at radius 3 is 3.00 bits per heavy atom. The molecule has 1 unspecified atom stereocenters. The molecule has 3 rings (SSSR count). The summed E-state index contributed by atoms with van der Waals surface area (Å²) in [5, 5.41) is 14.7. The van der Waals surface area contributed by atoms with Crippen molar-refractivity contribution in [3.8, 4) is 5.75 Å². The molecule has 0 radical (unpaired) electrons. The molecule has 0 amide bonds. The van der Waals surface area contributed by atoms with Crippen LogP contribution in [0.4, 0.5) is 5.95 Å². The molecule has 7 heteroatoms. The smallest absolute Gasteiger partial charge is 0.248 e. The van der Waals surface area contributed by atoms with Gasteiger partial charge in [-0.3, -0.25) is 4.79 Å². The van der Waals surface area contributed by atoms with Gasteiger partial charge in [-0.25, -0.2) is 0 Å². The number of anilines is 1. The Morgan fingerprint density at radius 1 is 1.45 bits per heavy atom. The van der Waals surface area contributed by atoms with E-state index < -0.39 is 0 Å². The lowest BCUT2D eigenvalue weighted by Gasteiger charge is -2.27. The normalized spacial score (nSPS) is 17.0. The number of fused-ring (bicyclic) bond motifs is 1. The van der Waals surface area contributed by atoms with Gasteiger partial charge in [0.15, 0.2) is 5.78 Å². The zero-order valence-electron chi connectivity index (χ0n) is 12.7. The van der Waals surface area contributed by atoms with Crippen molar-refractivity contribution in [2.75, 3.05) is 11.9 Å². The van der Waals surface area contributed by atoms with E-state index in [1.165, 1.54) is 0 Å². The number of hydrogen-bond acceptors (Lipinski definition) is 6. The van der Waals surface area contributed by atoms with Crippen molar-refractivity contribution in [1.82, 2.24) is 20.2 Å². The number of benzene rings is 1. The summed E-state index contributed by atoms with van der Waals surface area (Å²) in [5.74, 6) is 1.26. The quantitative estimate of drug-likeness (QED) is 0.929. The van der Waals surface area contributed by atoms with Crippen molar-refractivity contribution in [2.45, 2.75) is 26.8 Å². The second-order valence-corrected chi connectivity index (χ2v) is 5.07. The standard InChI is InChI=1S/C15H17N5O2/c1-4-22-12-7-5-6-11(8-12)14-13(10(3)21)9(2)16-15-17-18-19-20(14)15/h5-8,14H,4H2,1-3H3,(H,16,17,19). The third-order valence-corrected chi connectivity index (χ3v) is 3.58. The van der Waals surface area contributed by atoms with Crippen molar-refractivity contribution in [3.63, 3.8) is 0 Å². The minimum atomic E-state index is -0.357. The first kappa shape index (κ1) is 14.2. The van der Waals surface area contributed by atoms with Crippen LogP contribution in [-0.4, -0.2) is 32.6 Å². The number of aromatic nitrogens is 4. The van der Waals surface area contributed by atoms with Crippen LogP contribution in [0.3, 0.4) is 0 Å². The number of allylic oxidation sites excluding steroid dienone is 2. The highest BCUT2D eigenvalue weighted by molar-refractivity contribution is 5.96. The van der Waals surface area contributed by atoms with Crippen molar-refractivity contribution >= 4 is 11.7 Å². The molecule has 1 atom stereocenters. The molecule has 1 N–H and O–H groups in total. The highest BCUT2D eigenvalue weighted by Crippen LogP contribution is 2.35. The fourth-order valence-electron chi connectivity index (χ4n) is 2.72. The average Bonchev–Trinajstić information content (AvgIpc) is 2.93. The molecule has 2 aromatic rings. The lowest BCUT2D eigenvalue weighted by atomic mass is 9.93. The molecular weight excluding hydrogens is 282 g/mol. The Balaban J connectivity index is 2.14. The van der Waals surface area contributed by atoms with E-state index in [2.05, 4.69) is 20.8 Å². The van der Waals surface area contributed by atoms with Gasteiger partial charge in [-0.15, -0.1) is 0 Å². The summed E-state index contributed by atoms with van der Waals surface area (Å²) in [7, 11) is 0. The molecule has 1 aromatic carbocycles. The zero-order chi connectivity index (χ0) is 15.7. The van der Waals surface area contributed by atoms with E-state index in [-0.39, 0.29) is 11.8 Å². The molecule has 22 heavy (non-hydrogen) atoms. The molecular formula is C15H17N5O2. The Labute approximate surface area is 128 Å². The number of tetrazole rings is 1. The van der Waals surface area contributed by atoms with Crippen molar-refractivity contribution in [1.29, 1.82) is 0 Å². The summed E-state index contributed by atoms with van der Waals surface area (Å²) < 4.78 is 7.17. The summed E-state index contributed by atoms with van der Waals surface area (Å²) >= 11 is 0. The lowest BCUT2D eigenvalue weighted by molar-refractivity contribution is -0.114. The predicted molar refractivity (Wildman–Crippen MR) is 80.6 cm³/mol. The maximum absolute atomic E-state index is 12.1. The van der Waals surface area contributed by atoms with Crippen LogP contribution in [0.2, 0.25) is 0 Å². The summed E-state index contributed by atoms with van der Waals surface area (Å²) in [6.07, 6.45) is 0. The number of hydrogen-bond donors (Lipinski definition) is 1. The lowest BCUT2D eigenvalue weighted by Crippen LogP contribution is -2.27. The van der Waals surface area contributed by atoms with Crippen molar-refractivity contribution < 1.29 is 9.53 Å². The van der Waals surface area contributed by atoms with Crippen LogP contribution in [0.25, 0.3) is 0 Å². The van der Waals surface area contributed by atoms with Crippen molar-refractivity contribution in [2.24, 2.45) is 0 Å². The second-order valence-electron chi connectivity index (χ2n) is 5.07. The molecule has 1 aromatic heterocycles. The SMILES string of the molecule is CCOc1cccc(C2C(C(C)=O)=C(C)Nc3nnnn32)c1. The van der Waals surface area contributed by atoms with Gasteiger partial charge in [0.2, 0.25) is 5.95 Å². The van der Waals surface area contributed by atoms with E-state index in [4.69, 9.17) is 4.74 Å². The van der Waals surface area contributed by atoms with Crippen LogP contribution >= 0.6 is 0 Å². The van der Waals surface area contributed by atoms with E-state index in [0.717, 1.165) is 17.0 Å². The topological polar surface area (TPSA) is 81.9 Å². The van der Waals surface area contributed by atoms with E-state index in [9.17, 15) is 4.79 Å². The van der Waals surface area contributed by atoms with Gasteiger partial charge in [0.25, 0.3) is 0 Å². The highest BCUT2D eigenvalue weighted by Gasteiger charge is 2.32. The fraction of sp³-hybridized carbons (Fsp3) is 0.333. The fourth-order valence-corrected chi connectivity index (χ4v) is 2.72. The van der Waals surface area contributed by atoms with Gasteiger partial charge in [-0.1, -0.05) is 17.2 Å². The van der Waals surface area contributed by atoms with Gasteiger partial charge in [-0.2, -0.15) is 4.68 Å².